The fourth-order valence-corrected chi connectivity index (χ4v) is 2.14. The minimum absolute atomic E-state index is 0.00427. The van der Waals surface area contributed by atoms with Crippen molar-refractivity contribution in [3.63, 3.8) is 0 Å². The van der Waals surface area contributed by atoms with Gasteiger partial charge in [-0.2, -0.15) is 0 Å². The molecular weight excluding hydrogens is 304 g/mol. The first-order chi connectivity index (χ1) is 10.8. The first-order valence-electron chi connectivity index (χ1n) is 7.09. The van der Waals surface area contributed by atoms with Crippen LogP contribution in [0.1, 0.15) is 30.6 Å². The summed E-state index contributed by atoms with van der Waals surface area (Å²) in [5, 5.41) is 22.5. The number of hydrogen-bond donors (Lipinski definition) is 2. The lowest BCUT2D eigenvalue weighted by atomic mass is 9.97. The summed E-state index contributed by atoms with van der Waals surface area (Å²) in [6, 6.07) is 3.66. The first-order valence-corrected chi connectivity index (χ1v) is 7.09. The van der Waals surface area contributed by atoms with Crippen molar-refractivity contribution in [1.29, 1.82) is 0 Å². The van der Waals surface area contributed by atoms with Gasteiger partial charge in [0.05, 0.1) is 23.5 Å². The Balaban J connectivity index is 2.90. The second-order valence-corrected chi connectivity index (χ2v) is 5.52. The van der Waals surface area contributed by atoms with Gasteiger partial charge < -0.3 is 15.2 Å². The molecule has 0 heterocycles. The molecule has 8 heteroatoms. The van der Waals surface area contributed by atoms with Crippen LogP contribution in [0.5, 0.6) is 5.75 Å². The fourth-order valence-electron chi connectivity index (χ4n) is 2.14. The number of carboxylic acids is 1. The number of rotatable bonds is 8. The van der Waals surface area contributed by atoms with Crippen LogP contribution in [0.3, 0.4) is 0 Å². The van der Waals surface area contributed by atoms with Crippen molar-refractivity contribution < 1.29 is 24.4 Å². The van der Waals surface area contributed by atoms with Gasteiger partial charge in [-0.15, -0.1) is 0 Å². The molecule has 0 aliphatic carbocycles. The van der Waals surface area contributed by atoms with Gasteiger partial charge in [0.25, 0.3) is 11.6 Å². The van der Waals surface area contributed by atoms with E-state index < -0.39 is 22.7 Å². The molecule has 1 amide bonds. The molecule has 1 aromatic carbocycles. The van der Waals surface area contributed by atoms with E-state index in [1.54, 1.807) is 0 Å². The minimum atomic E-state index is -0.995. The highest BCUT2D eigenvalue weighted by molar-refractivity contribution is 5.97. The summed E-state index contributed by atoms with van der Waals surface area (Å²) in [4.78, 5) is 33.6. The molecule has 0 aromatic heterocycles. The number of hydrogen-bond acceptors (Lipinski definition) is 5. The Morgan fingerprint density at radius 3 is 2.52 bits per heavy atom. The molecule has 1 rings (SSSR count). The van der Waals surface area contributed by atoms with Crippen LogP contribution in [0.4, 0.5) is 5.69 Å². The molecule has 0 aliphatic rings. The van der Waals surface area contributed by atoms with Crippen molar-refractivity contribution in [3.8, 4) is 5.75 Å². The number of amides is 1. The minimum Gasteiger partial charge on any atom is -0.496 e. The smallest absolute Gasteiger partial charge is 0.308 e. The van der Waals surface area contributed by atoms with Gasteiger partial charge in [-0.3, -0.25) is 19.7 Å². The molecule has 23 heavy (non-hydrogen) atoms. The molecule has 1 aromatic rings. The van der Waals surface area contributed by atoms with Gasteiger partial charge in [-0.1, -0.05) is 13.8 Å². The van der Waals surface area contributed by atoms with Crippen LogP contribution in [-0.4, -0.2) is 35.6 Å². The quantitative estimate of drug-likeness (QED) is 0.558. The van der Waals surface area contributed by atoms with E-state index in [2.05, 4.69) is 5.32 Å². The standard InChI is InChI=1S/C15H20N2O6/c1-9(2)6-10(15(19)20)8-16-14(18)12-7-11(17(21)22)4-5-13(12)23-3/h4-5,7,9-10H,6,8H2,1-3H3,(H,16,18)(H,19,20). The summed E-state index contributed by atoms with van der Waals surface area (Å²) < 4.78 is 5.02. The molecule has 126 valence electrons. The predicted octanol–water partition coefficient (Wildman–Crippen LogP) is 2.08. The van der Waals surface area contributed by atoms with Crippen LogP contribution >= 0.6 is 0 Å². The Morgan fingerprint density at radius 1 is 1.39 bits per heavy atom. The molecule has 1 atom stereocenters. The summed E-state index contributed by atoms with van der Waals surface area (Å²) in [5.74, 6) is -1.97. The lowest BCUT2D eigenvalue weighted by Gasteiger charge is -2.16. The number of methoxy groups -OCH3 is 1. The van der Waals surface area contributed by atoms with E-state index >= 15 is 0 Å². The third-order valence-electron chi connectivity index (χ3n) is 3.25. The Hall–Kier alpha value is -2.64. The lowest BCUT2D eigenvalue weighted by Crippen LogP contribution is -2.33. The van der Waals surface area contributed by atoms with Crippen molar-refractivity contribution in [2.45, 2.75) is 20.3 Å². The fraction of sp³-hybridized carbons (Fsp3) is 0.467. The van der Waals surface area contributed by atoms with Gasteiger partial charge in [-0.05, 0) is 18.4 Å². The number of carbonyl (C=O) groups is 2. The molecule has 0 spiro atoms. The lowest BCUT2D eigenvalue weighted by molar-refractivity contribution is -0.384. The van der Waals surface area contributed by atoms with Crippen molar-refractivity contribution >= 4 is 17.6 Å². The number of carbonyl (C=O) groups excluding carboxylic acids is 1. The molecular formula is C15H20N2O6. The van der Waals surface area contributed by atoms with Crippen LogP contribution in [0.25, 0.3) is 0 Å². The highest BCUT2D eigenvalue weighted by Gasteiger charge is 2.22. The first kappa shape index (κ1) is 18.4. The third-order valence-corrected chi connectivity index (χ3v) is 3.25. The Kier molecular flexibility index (Phi) is 6.49. The van der Waals surface area contributed by atoms with Crippen LogP contribution < -0.4 is 10.1 Å². The van der Waals surface area contributed by atoms with E-state index in [4.69, 9.17) is 9.84 Å². The van der Waals surface area contributed by atoms with Gasteiger partial charge in [-0.25, -0.2) is 0 Å². The van der Waals surface area contributed by atoms with Crippen molar-refractivity contribution in [2.24, 2.45) is 11.8 Å². The number of non-ortho nitro benzene ring substituents is 1. The maximum absolute atomic E-state index is 12.2. The third kappa shape index (κ3) is 5.24. The maximum Gasteiger partial charge on any atom is 0.308 e. The van der Waals surface area contributed by atoms with Crippen LogP contribution in [0, 0.1) is 22.0 Å². The average Bonchev–Trinajstić information content (AvgIpc) is 2.49. The van der Waals surface area contributed by atoms with Gasteiger partial charge in [0, 0.05) is 18.7 Å². The largest absolute Gasteiger partial charge is 0.496 e. The Morgan fingerprint density at radius 2 is 2.04 bits per heavy atom. The van der Waals surface area contributed by atoms with Crippen LogP contribution in [0.2, 0.25) is 0 Å². The molecule has 0 saturated carbocycles. The van der Waals surface area contributed by atoms with E-state index in [1.807, 2.05) is 13.8 Å². The van der Waals surface area contributed by atoms with Gasteiger partial charge in [0.2, 0.25) is 0 Å². The molecule has 0 radical (unpaired) electrons. The van der Waals surface area contributed by atoms with Crippen molar-refractivity contribution in [1.82, 2.24) is 5.32 Å². The summed E-state index contributed by atoms with van der Waals surface area (Å²) in [6.45, 7) is 3.72. The normalized spacial score (nSPS) is 11.8. The van der Waals surface area contributed by atoms with E-state index in [0.717, 1.165) is 6.07 Å². The molecule has 1 unspecified atom stereocenters. The van der Waals surface area contributed by atoms with E-state index in [9.17, 15) is 19.7 Å². The summed E-state index contributed by atoms with van der Waals surface area (Å²) >= 11 is 0. The average molecular weight is 324 g/mol. The summed E-state index contributed by atoms with van der Waals surface area (Å²) in [6.07, 6.45) is 0.418. The number of benzene rings is 1. The highest BCUT2D eigenvalue weighted by Crippen LogP contribution is 2.24. The zero-order valence-electron chi connectivity index (χ0n) is 13.2. The SMILES string of the molecule is COc1ccc([N+](=O)[O-])cc1C(=O)NCC(CC(C)C)C(=O)O. The number of nitro benzene ring substituents is 1. The molecule has 0 saturated heterocycles. The van der Waals surface area contributed by atoms with Crippen molar-refractivity contribution in [3.05, 3.63) is 33.9 Å². The Labute approximate surface area is 133 Å². The predicted molar refractivity (Wildman–Crippen MR) is 82.6 cm³/mol. The molecule has 2 N–H and O–H groups in total. The zero-order chi connectivity index (χ0) is 17.6. The molecule has 0 aliphatic heterocycles. The van der Waals surface area contributed by atoms with E-state index in [-0.39, 0.29) is 29.5 Å². The van der Waals surface area contributed by atoms with Gasteiger partial charge >= 0.3 is 5.97 Å². The second kappa shape index (κ2) is 8.11. The van der Waals surface area contributed by atoms with Crippen molar-refractivity contribution in [2.75, 3.05) is 13.7 Å². The monoisotopic (exact) mass is 324 g/mol. The Bertz CT molecular complexity index is 600. The highest BCUT2D eigenvalue weighted by atomic mass is 16.6. The number of aliphatic carboxylic acids is 1. The van der Waals surface area contributed by atoms with E-state index in [1.165, 1.54) is 19.2 Å². The number of ether oxygens (including phenoxy) is 1. The molecule has 8 nitrogen and oxygen atoms in total. The maximum atomic E-state index is 12.2. The van der Waals surface area contributed by atoms with E-state index in [0.29, 0.717) is 6.42 Å². The second-order valence-electron chi connectivity index (χ2n) is 5.52. The number of nitrogens with zero attached hydrogens (tertiary/aromatic N) is 1. The van der Waals surface area contributed by atoms with Crippen LogP contribution in [0.15, 0.2) is 18.2 Å². The summed E-state index contributed by atoms with van der Waals surface area (Å²) in [7, 11) is 1.34. The topological polar surface area (TPSA) is 119 Å². The zero-order valence-corrected chi connectivity index (χ0v) is 13.2. The number of carboxylic acid groups (broad SMARTS) is 1. The molecule has 0 bridgehead atoms. The summed E-state index contributed by atoms with van der Waals surface area (Å²) in [5.41, 5.74) is -0.247. The number of nitrogens with one attached hydrogen (secondary N) is 1. The van der Waals surface area contributed by atoms with Gasteiger partial charge in [0.1, 0.15) is 5.75 Å². The molecule has 0 fully saturated rings. The van der Waals surface area contributed by atoms with Crippen LogP contribution in [-0.2, 0) is 4.79 Å². The van der Waals surface area contributed by atoms with Gasteiger partial charge in [0.15, 0.2) is 0 Å². The number of nitro groups is 1.